The zero-order chi connectivity index (χ0) is 18.9. The zero-order valence-corrected chi connectivity index (χ0v) is 16.8. The third-order valence-electron chi connectivity index (χ3n) is 4.81. The number of allylic oxidation sites excluding steroid dienone is 1. The third-order valence-corrected chi connectivity index (χ3v) is 5.05. The number of aliphatic imine (C=N–C) groups is 1. The summed E-state index contributed by atoms with van der Waals surface area (Å²) in [7, 11) is 1.64. The van der Waals surface area contributed by atoms with Crippen LogP contribution < -0.4 is 9.64 Å². The Hall–Kier alpha value is -2.26. The number of ether oxygens (including phenoxy) is 1. The van der Waals surface area contributed by atoms with Gasteiger partial charge < -0.3 is 9.64 Å². The van der Waals surface area contributed by atoms with Crippen molar-refractivity contribution in [3.05, 3.63) is 58.6 Å². The molecule has 2 aromatic carbocycles. The fourth-order valence-corrected chi connectivity index (χ4v) is 3.83. The van der Waals surface area contributed by atoms with E-state index in [1.54, 1.807) is 13.2 Å². The molecule has 136 valence electrons. The Morgan fingerprint density at radius 2 is 1.96 bits per heavy atom. The topological polar surface area (TPSA) is 24.8 Å². The Bertz CT molecular complexity index is 884. The summed E-state index contributed by atoms with van der Waals surface area (Å²) < 4.78 is 5.36. The molecule has 1 aliphatic heterocycles. The molecule has 0 saturated carbocycles. The molecule has 3 nitrogen and oxygen atoms in total. The van der Waals surface area contributed by atoms with Crippen LogP contribution in [0.25, 0.3) is 5.57 Å². The van der Waals surface area contributed by atoms with Crippen LogP contribution in [0, 0.1) is 0 Å². The predicted octanol–water partition coefficient (Wildman–Crippen LogP) is 6.12. The lowest BCUT2D eigenvalue weighted by atomic mass is 9.88. The van der Waals surface area contributed by atoms with Gasteiger partial charge in [-0.3, -0.25) is 4.99 Å². The first-order valence-corrected chi connectivity index (χ1v) is 9.22. The maximum Gasteiger partial charge on any atom is 0.144 e. The molecule has 2 aromatic rings. The molecular weight excluding hydrogens is 344 g/mol. The molecule has 4 heteroatoms. The van der Waals surface area contributed by atoms with E-state index >= 15 is 0 Å². The summed E-state index contributed by atoms with van der Waals surface area (Å²) in [5, 5.41) is 0.642. The monoisotopic (exact) mass is 368 g/mol. The smallest absolute Gasteiger partial charge is 0.144 e. The highest BCUT2D eigenvalue weighted by atomic mass is 35.5. The molecule has 26 heavy (non-hydrogen) atoms. The van der Waals surface area contributed by atoms with Gasteiger partial charge in [0.15, 0.2) is 0 Å². The second-order valence-electron chi connectivity index (χ2n) is 7.08. The van der Waals surface area contributed by atoms with Gasteiger partial charge in [-0.1, -0.05) is 23.7 Å². The van der Waals surface area contributed by atoms with Crippen molar-refractivity contribution in [1.82, 2.24) is 0 Å². The van der Waals surface area contributed by atoms with Crippen molar-refractivity contribution in [2.45, 2.75) is 33.2 Å². The molecule has 0 aliphatic carbocycles. The number of likely N-dealkylation sites (N-methyl/N-ethyl adjacent to an activating group) is 1. The van der Waals surface area contributed by atoms with Gasteiger partial charge in [0.2, 0.25) is 0 Å². The molecule has 0 atom stereocenters. The number of halogens is 1. The normalized spacial score (nSPS) is 15.8. The molecule has 0 fully saturated rings. The van der Waals surface area contributed by atoms with Crippen LogP contribution in [0.3, 0.4) is 0 Å². The summed E-state index contributed by atoms with van der Waals surface area (Å²) in [4.78, 5) is 7.01. The van der Waals surface area contributed by atoms with Crippen LogP contribution in [0.5, 0.6) is 5.75 Å². The number of nitrogens with zero attached hydrogens (tertiary/aromatic N) is 2. The predicted molar refractivity (Wildman–Crippen MR) is 112 cm³/mol. The maximum atomic E-state index is 6.09. The van der Waals surface area contributed by atoms with Gasteiger partial charge in [0, 0.05) is 29.0 Å². The van der Waals surface area contributed by atoms with E-state index in [2.05, 4.69) is 61.9 Å². The number of rotatable bonds is 4. The van der Waals surface area contributed by atoms with E-state index in [4.69, 9.17) is 16.3 Å². The molecule has 3 rings (SSSR count). The lowest BCUT2D eigenvalue weighted by Gasteiger charge is -2.42. The molecular formula is C22H25ClN2O. The number of benzene rings is 2. The average Bonchev–Trinajstić information content (AvgIpc) is 2.60. The van der Waals surface area contributed by atoms with Gasteiger partial charge in [-0.2, -0.15) is 0 Å². The van der Waals surface area contributed by atoms with Gasteiger partial charge in [0.1, 0.15) is 11.4 Å². The van der Waals surface area contributed by atoms with Crippen molar-refractivity contribution in [1.29, 1.82) is 0 Å². The molecule has 0 aromatic heterocycles. The highest BCUT2D eigenvalue weighted by molar-refractivity contribution is 6.30. The molecule has 0 amide bonds. The molecule has 0 saturated heterocycles. The average molecular weight is 369 g/mol. The van der Waals surface area contributed by atoms with Crippen LogP contribution >= 0.6 is 11.6 Å². The van der Waals surface area contributed by atoms with Crippen LogP contribution in [0.2, 0.25) is 5.02 Å². The molecule has 0 N–H and O–H groups in total. The van der Waals surface area contributed by atoms with Gasteiger partial charge in [-0.15, -0.1) is 0 Å². The Balaban J connectivity index is 1.98. The van der Waals surface area contributed by atoms with Crippen LogP contribution in [0.15, 0.2) is 47.5 Å². The molecule has 0 spiro atoms. The SMILES string of the molecule is CCN1c2ccc(C=Nc3cc(Cl)ccc3OC)cc2C(C)=CC1(C)C. The standard InChI is InChI=1S/C22H25ClN2O/c1-6-25-20-9-7-16(11-18(20)15(2)13-22(25,3)4)14-24-19-12-17(23)8-10-21(19)26-5/h7-14H,6H2,1-5H3. The minimum atomic E-state index is 0.0234. The first-order valence-electron chi connectivity index (χ1n) is 8.85. The lowest BCUT2D eigenvalue weighted by molar-refractivity contribution is 0.416. The summed E-state index contributed by atoms with van der Waals surface area (Å²) in [6, 6.07) is 11.9. The summed E-state index contributed by atoms with van der Waals surface area (Å²) in [6.07, 6.45) is 4.19. The van der Waals surface area contributed by atoms with E-state index < -0.39 is 0 Å². The van der Waals surface area contributed by atoms with Gasteiger partial charge in [0.05, 0.1) is 12.6 Å². The van der Waals surface area contributed by atoms with Crippen molar-refractivity contribution in [3.63, 3.8) is 0 Å². The highest BCUT2D eigenvalue weighted by Gasteiger charge is 2.29. The quantitative estimate of drug-likeness (QED) is 0.607. The third kappa shape index (κ3) is 3.49. The van der Waals surface area contributed by atoms with Crippen molar-refractivity contribution in [2.24, 2.45) is 4.99 Å². The number of methoxy groups -OCH3 is 1. The van der Waals surface area contributed by atoms with Gasteiger partial charge in [-0.05, 0) is 69.2 Å². The van der Waals surface area contributed by atoms with E-state index in [9.17, 15) is 0 Å². The molecule has 0 radical (unpaired) electrons. The van der Waals surface area contributed by atoms with E-state index in [0.717, 1.165) is 17.8 Å². The van der Waals surface area contributed by atoms with E-state index in [-0.39, 0.29) is 5.54 Å². The number of hydrogen-bond donors (Lipinski definition) is 0. The van der Waals surface area contributed by atoms with Crippen LogP contribution in [0.1, 0.15) is 38.8 Å². The van der Waals surface area contributed by atoms with Crippen molar-refractivity contribution in [2.75, 3.05) is 18.6 Å². The first-order chi connectivity index (χ1) is 12.4. The fraction of sp³-hybridized carbons (Fsp3) is 0.318. The summed E-state index contributed by atoms with van der Waals surface area (Å²) >= 11 is 6.09. The second-order valence-corrected chi connectivity index (χ2v) is 7.51. The maximum absolute atomic E-state index is 6.09. The molecule has 0 bridgehead atoms. The summed E-state index contributed by atoms with van der Waals surface area (Å²) in [5.41, 5.74) is 5.62. The number of anilines is 1. The van der Waals surface area contributed by atoms with Gasteiger partial charge in [-0.25, -0.2) is 0 Å². The second kappa shape index (κ2) is 7.16. The first kappa shape index (κ1) is 18.5. The van der Waals surface area contributed by atoms with Gasteiger partial charge >= 0.3 is 0 Å². The Morgan fingerprint density at radius 1 is 1.19 bits per heavy atom. The summed E-state index contributed by atoms with van der Waals surface area (Å²) in [6.45, 7) is 9.85. The Kier molecular flexibility index (Phi) is 5.10. The fourth-order valence-electron chi connectivity index (χ4n) is 3.67. The minimum absolute atomic E-state index is 0.0234. The van der Waals surface area contributed by atoms with Crippen molar-refractivity contribution in [3.8, 4) is 5.75 Å². The number of hydrogen-bond acceptors (Lipinski definition) is 3. The summed E-state index contributed by atoms with van der Waals surface area (Å²) in [5.74, 6) is 0.707. The zero-order valence-electron chi connectivity index (χ0n) is 16.0. The Morgan fingerprint density at radius 3 is 2.65 bits per heavy atom. The highest BCUT2D eigenvalue weighted by Crippen LogP contribution is 2.39. The van der Waals surface area contributed by atoms with Crippen molar-refractivity contribution < 1.29 is 4.74 Å². The Labute approximate surface area is 161 Å². The van der Waals surface area contributed by atoms with Crippen LogP contribution in [-0.4, -0.2) is 25.4 Å². The molecule has 1 heterocycles. The lowest BCUT2D eigenvalue weighted by Crippen LogP contribution is -2.44. The largest absolute Gasteiger partial charge is 0.494 e. The van der Waals surface area contributed by atoms with Crippen LogP contribution in [0.4, 0.5) is 11.4 Å². The van der Waals surface area contributed by atoms with Gasteiger partial charge in [0.25, 0.3) is 0 Å². The van der Waals surface area contributed by atoms with Crippen molar-refractivity contribution >= 4 is 34.8 Å². The van der Waals surface area contributed by atoms with E-state index in [0.29, 0.717) is 10.8 Å². The van der Waals surface area contributed by atoms with Crippen LogP contribution in [-0.2, 0) is 0 Å². The molecule has 1 aliphatic rings. The number of fused-ring (bicyclic) bond motifs is 1. The van der Waals surface area contributed by atoms with E-state index in [1.165, 1.54) is 16.8 Å². The van der Waals surface area contributed by atoms with E-state index in [1.807, 2.05) is 18.3 Å². The molecule has 0 unspecified atom stereocenters. The minimum Gasteiger partial charge on any atom is -0.494 e.